The van der Waals surface area contributed by atoms with Crippen molar-refractivity contribution in [3.63, 3.8) is 0 Å². The Morgan fingerprint density at radius 3 is 2.75 bits per heavy atom. The molecule has 4 heteroatoms. The van der Waals surface area contributed by atoms with Crippen LogP contribution in [0.1, 0.15) is 35.6 Å². The third kappa shape index (κ3) is 2.12. The van der Waals surface area contributed by atoms with Gasteiger partial charge < -0.3 is 9.47 Å². The zero-order valence-corrected chi connectivity index (χ0v) is 9.79. The maximum atomic E-state index is 11.6. The van der Waals surface area contributed by atoms with Gasteiger partial charge in [-0.15, -0.1) is 0 Å². The quantitative estimate of drug-likeness (QED) is 0.762. The van der Waals surface area contributed by atoms with Crippen LogP contribution < -0.4 is 0 Å². The van der Waals surface area contributed by atoms with Gasteiger partial charge in [0.05, 0.1) is 18.2 Å². The van der Waals surface area contributed by atoms with E-state index in [-0.39, 0.29) is 5.78 Å². The van der Waals surface area contributed by atoms with E-state index in [1.807, 2.05) is 13.0 Å². The molecule has 1 fully saturated rings. The molecule has 16 heavy (non-hydrogen) atoms. The number of hydrogen-bond acceptors (Lipinski definition) is 3. The van der Waals surface area contributed by atoms with Crippen LogP contribution in [-0.4, -0.2) is 19.0 Å². The highest BCUT2D eigenvalue weighted by molar-refractivity contribution is 6.34. The highest BCUT2D eigenvalue weighted by atomic mass is 35.5. The fourth-order valence-electron chi connectivity index (χ4n) is 1.68. The predicted octanol–water partition coefficient (Wildman–Crippen LogP) is 2.98. The number of rotatable bonds is 3. The van der Waals surface area contributed by atoms with Crippen molar-refractivity contribution in [1.29, 1.82) is 0 Å². The Balaban J connectivity index is 2.35. The van der Waals surface area contributed by atoms with Crippen LogP contribution in [0.4, 0.5) is 0 Å². The minimum Gasteiger partial charge on any atom is -0.346 e. The van der Waals surface area contributed by atoms with Gasteiger partial charge in [-0.3, -0.25) is 4.79 Å². The second kappa shape index (κ2) is 4.95. The second-order valence-electron chi connectivity index (χ2n) is 3.56. The Kier molecular flexibility index (Phi) is 3.59. The van der Waals surface area contributed by atoms with Crippen LogP contribution in [0.15, 0.2) is 18.2 Å². The smallest absolute Gasteiger partial charge is 0.185 e. The molecule has 0 amide bonds. The number of ether oxygens (including phenoxy) is 2. The van der Waals surface area contributed by atoms with Gasteiger partial charge in [0.15, 0.2) is 12.1 Å². The van der Waals surface area contributed by atoms with Crippen LogP contribution in [0.25, 0.3) is 0 Å². The lowest BCUT2D eigenvalue weighted by Gasteiger charge is -2.13. The number of ketones is 1. The molecule has 1 aliphatic heterocycles. The molecule has 0 bridgehead atoms. The van der Waals surface area contributed by atoms with Gasteiger partial charge in [-0.1, -0.05) is 30.7 Å². The molecule has 1 aromatic rings. The van der Waals surface area contributed by atoms with Gasteiger partial charge in [-0.2, -0.15) is 0 Å². The molecule has 0 N–H and O–H groups in total. The van der Waals surface area contributed by atoms with E-state index in [1.165, 1.54) is 0 Å². The van der Waals surface area contributed by atoms with Crippen molar-refractivity contribution in [2.24, 2.45) is 0 Å². The van der Waals surface area contributed by atoms with Crippen LogP contribution in [0.5, 0.6) is 0 Å². The summed E-state index contributed by atoms with van der Waals surface area (Å²) in [6, 6.07) is 5.35. The first kappa shape index (κ1) is 11.6. The van der Waals surface area contributed by atoms with Crippen LogP contribution in [0, 0.1) is 0 Å². The highest BCUT2D eigenvalue weighted by Crippen LogP contribution is 2.32. The summed E-state index contributed by atoms with van der Waals surface area (Å²) in [6.07, 6.45) is 0.00680. The molecule has 0 atom stereocenters. The topological polar surface area (TPSA) is 35.5 Å². The van der Waals surface area contributed by atoms with Crippen molar-refractivity contribution in [2.75, 3.05) is 13.2 Å². The summed E-state index contributed by atoms with van der Waals surface area (Å²) >= 11 is 6.18. The molecule has 86 valence electrons. The van der Waals surface area contributed by atoms with Crippen LogP contribution in [0.3, 0.4) is 0 Å². The molecule has 0 saturated carbocycles. The van der Waals surface area contributed by atoms with Crippen molar-refractivity contribution in [3.8, 4) is 0 Å². The average molecular weight is 241 g/mol. The zero-order valence-electron chi connectivity index (χ0n) is 9.03. The number of carbonyl (C=O) groups is 1. The Morgan fingerprint density at radius 1 is 1.44 bits per heavy atom. The average Bonchev–Trinajstić information content (AvgIpc) is 2.82. The lowest BCUT2D eigenvalue weighted by molar-refractivity contribution is -0.0440. The maximum Gasteiger partial charge on any atom is 0.185 e. The van der Waals surface area contributed by atoms with E-state index in [4.69, 9.17) is 21.1 Å². The van der Waals surface area contributed by atoms with E-state index < -0.39 is 6.29 Å². The summed E-state index contributed by atoms with van der Waals surface area (Å²) in [4.78, 5) is 11.6. The Bertz CT molecular complexity index is 397. The molecule has 3 nitrogen and oxygen atoms in total. The number of carbonyl (C=O) groups excluding carboxylic acids is 1. The second-order valence-corrected chi connectivity index (χ2v) is 3.94. The van der Waals surface area contributed by atoms with Gasteiger partial charge in [0.25, 0.3) is 0 Å². The van der Waals surface area contributed by atoms with E-state index in [0.717, 1.165) is 5.56 Å². The van der Waals surface area contributed by atoms with Crippen LogP contribution in [0.2, 0.25) is 5.02 Å². The van der Waals surface area contributed by atoms with E-state index in [0.29, 0.717) is 30.2 Å². The van der Waals surface area contributed by atoms with E-state index >= 15 is 0 Å². The van der Waals surface area contributed by atoms with Gasteiger partial charge in [-0.05, 0) is 6.07 Å². The molecule has 0 aliphatic carbocycles. The molecular formula is C12H13ClO3. The molecule has 0 unspecified atom stereocenters. The molecular weight excluding hydrogens is 228 g/mol. The largest absolute Gasteiger partial charge is 0.346 e. The predicted molar refractivity (Wildman–Crippen MR) is 60.7 cm³/mol. The van der Waals surface area contributed by atoms with Crippen LogP contribution in [-0.2, 0) is 9.47 Å². The minimum absolute atomic E-state index is 0.0323. The first-order chi connectivity index (χ1) is 7.74. The first-order valence-electron chi connectivity index (χ1n) is 5.29. The third-order valence-electron chi connectivity index (χ3n) is 2.53. The molecule has 0 radical (unpaired) electrons. The number of benzene rings is 1. The van der Waals surface area contributed by atoms with E-state index in [1.54, 1.807) is 12.1 Å². The fraction of sp³-hybridized carbons (Fsp3) is 0.417. The summed E-state index contributed by atoms with van der Waals surface area (Å²) in [5, 5.41) is 0.446. The summed E-state index contributed by atoms with van der Waals surface area (Å²) in [7, 11) is 0. The molecule has 1 aromatic carbocycles. The lowest BCUT2D eigenvalue weighted by atomic mass is 10.1. The third-order valence-corrected chi connectivity index (χ3v) is 2.95. The SMILES string of the molecule is CCC(=O)c1cccc(C2OCCO2)c1Cl. The number of hydrogen-bond donors (Lipinski definition) is 0. The van der Waals surface area contributed by atoms with E-state index in [9.17, 15) is 4.79 Å². The molecule has 0 spiro atoms. The normalized spacial score (nSPS) is 16.6. The zero-order chi connectivity index (χ0) is 11.5. The van der Waals surface area contributed by atoms with Crippen molar-refractivity contribution in [3.05, 3.63) is 34.3 Å². The lowest BCUT2D eigenvalue weighted by Crippen LogP contribution is -2.04. The van der Waals surface area contributed by atoms with Crippen molar-refractivity contribution in [1.82, 2.24) is 0 Å². The van der Waals surface area contributed by atoms with Crippen LogP contribution >= 0.6 is 11.6 Å². The standard InChI is InChI=1S/C12H13ClO3/c1-2-10(14)8-4-3-5-9(11(8)13)12-15-6-7-16-12/h3-5,12H,2,6-7H2,1H3. The minimum atomic E-state index is -0.433. The van der Waals surface area contributed by atoms with Gasteiger partial charge in [0.1, 0.15) is 0 Å². The summed E-state index contributed by atoms with van der Waals surface area (Å²) in [5.74, 6) is 0.0323. The van der Waals surface area contributed by atoms with Crippen molar-refractivity contribution in [2.45, 2.75) is 19.6 Å². The summed E-state index contributed by atoms with van der Waals surface area (Å²) < 4.78 is 10.7. The Labute approximate surface area is 99.3 Å². The Hall–Kier alpha value is -0.900. The number of halogens is 1. The molecule has 0 aromatic heterocycles. The summed E-state index contributed by atoms with van der Waals surface area (Å²) in [5.41, 5.74) is 1.28. The molecule has 1 aliphatic rings. The van der Waals surface area contributed by atoms with Crippen molar-refractivity contribution >= 4 is 17.4 Å². The molecule has 2 rings (SSSR count). The first-order valence-corrected chi connectivity index (χ1v) is 5.66. The van der Waals surface area contributed by atoms with Gasteiger partial charge in [0, 0.05) is 17.5 Å². The maximum absolute atomic E-state index is 11.6. The summed E-state index contributed by atoms with van der Waals surface area (Å²) in [6.45, 7) is 2.94. The fourth-order valence-corrected chi connectivity index (χ4v) is 2.00. The van der Waals surface area contributed by atoms with Gasteiger partial charge >= 0.3 is 0 Å². The molecule has 1 heterocycles. The van der Waals surface area contributed by atoms with E-state index in [2.05, 4.69) is 0 Å². The number of Topliss-reactive ketones (excluding diaryl/α,β-unsaturated/α-hetero) is 1. The van der Waals surface area contributed by atoms with Crippen molar-refractivity contribution < 1.29 is 14.3 Å². The Morgan fingerprint density at radius 2 is 2.12 bits per heavy atom. The van der Waals surface area contributed by atoms with Gasteiger partial charge in [0.2, 0.25) is 0 Å². The van der Waals surface area contributed by atoms with Gasteiger partial charge in [-0.25, -0.2) is 0 Å². The molecule has 1 saturated heterocycles. The highest BCUT2D eigenvalue weighted by Gasteiger charge is 2.23. The monoisotopic (exact) mass is 240 g/mol.